The van der Waals surface area contributed by atoms with E-state index in [1.54, 1.807) is 32.0 Å². The number of carboxylic acids is 1. The summed E-state index contributed by atoms with van der Waals surface area (Å²) in [5, 5.41) is 9.10. The van der Waals surface area contributed by atoms with Gasteiger partial charge < -0.3 is 9.84 Å². The summed E-state index contributed by atoms with van der Waals surface area (Å²) in [5.74, 6) is -0.351. The molecule has 0 radical (unpaired) electrons. The summed E-state index contributed by atoms with van der Waals surface area (Å²) in [6.07, 6.45) is 0. The van der Waals surface area contributed by atoms with Gasteiger partial charge in [0.1, 0.15) is 5.75 Å². The third kappa shape index (κ3) is 2.37. The highest BCUT2D eigenvalue weighted by atomic mass is 16.5. The topological polar surface area (TPSA) is 46.5 Å². The summed E-state index contributed by atoms with van der Waals surface area (Å²) in [6.45, 7) is 3.55. The predicted molar refractivity (Wildman–Crippen MR) is 58.9 cm³/mol. The summed E-state index contributed by atoms with van der Waals surface area (Å²) in [6, 6.07) is 7.10. The van der Waals surface area contributed by atoms with Gasteiger partial charge in [-0.15, -0.1) is 0 Å². The van der Waals surface area contributed by atoms with Crippen molar-refractivity contribution < 1.29 is 14.6 Å². The van der Waals surface area contributed by atoms with Crippen LogP contribution in [0.1, 0.15) is 19.4 Å². The lowest BCUT2D eigenvalue weighted by atomic mass is 10.0. The molecule has 0 saturated carbocycles. The van der Waals surface area contributed by atoms with Crippen molar-refractivity contribution in [1.82, 2.24) is 0 Å². The number of para-hydroxylation sites is 1. The van der Waals surface area contributed by atoms with Gasteiger partial charge >= 0.3 is 5.97 Å². The van der Waals surface area contributed by atoms with Crippen LogP contribution < -0.4 is 4.74 Å². The Morgan fingerprint density at radius 2 is 1.87 bits per heavy atom. The number of allylic oxidation sites excluding steroid dienone is 1. The van der Waals surface area contributed by atoms with Crippen LogP contribution in [0.5, 0.6) is 5.75 Å². The maximum Gasteiger partial charge on any atom is 0.336 e. The minimum atomic E-state index is -0.931. The lowest BCUT2D eigenvalue weighted by Crippen LogP contribution is -2.03. The Balaban J connectivity index is 3.36. The highest BCUT2D eigenvalue weighted by molar-refractivity contribution is 6.17. The molecular weight excluding hydrogens is 192 g/mol. The lowest BCUT2D eigenvalue weighted by molar-refractivity contribution is -0.130. The van der Waals surface area contributed by atoms with Crippen LogP contribution in [-0.4, -0.2) is 18.2 Å². The van der Waals surface area contributed by atoms with E-state index >= 15 is 0 Å². The normalized spacial score (nSPS) is 9.53. The second-order valence-corrected chi connectivity index (χ2v) is 3.38. The number of methoxy groups -OCH3 is 1. The van der Waals surface area contributed by atoms with Crippen molar-refractivity contribution in [3.63, 3.8) is 0 Å². The summed E-state index contributed by atoms with van der Waals surface area (Å²) in [7, 11) is 1.53. The third-order valence-electron chi connectivity index (χ3n) is 2.09. The van der Waals surface area contributed by atoms with Gasteiger partial charge in [-0.05, 0) is 19.9 Å². The Bertz CT molecular complexity index is 401. The van der Waals surface area contributed by atoms with E-state index in [1.165, 1.54) is 7.11 Å². The molecule has 0 amide bonds. The van der Waals surface area contributed by atoms with E-state index in [2.05, 4.69) is 0 Å². The van der Waals surface area contributed by atoms with Crippen LogP contribution in [0, 0.1) is 0 Å². The molecule has 0 aliphatic rings. The number of ether oxygens (including phenoxy) is 1. The quantitative estimate of drug-likeness (QED) is 0.773. The zero-order valence-corrected chi connectivity index (χ0v) is 9.07. The predicted octanol–water partition coefficient (Wildman–Crippen LogP) is 2.57. The molecule has 15 heavy (non-hydrogen) atoms. The van der Waals surface area contributed by atoms with E-state index in [0.29, 0.717) is 16.9 Å². The molecule has 3 heteroatoms. The number of rotatable bonds is 3. The standard InChI is InChI=1S/C12H14O3/c1-8(2)11(12(13)14)9-6-4-5-7-10(9)15-3/h4-7H,1-3H3,(H,13,14). The van der Waals surface area contributed by atoms with E-state index in [0.717, 1.165) is 5.57 Å². The Kier molecular flexibility index (Phi) is 3.50. The first-order valence-electron chi connectivity index (χ1n) is 4.62. The molecule has 0 spiro atoms. The van der Waals surface area contributed by atoms with Gasteiger partial charge in [0.25, 0.3) is 0 Å². The average Bonchev–Trinajstić information content (AvgIpc) is 2.17. The molecule has 1 aromatic carbocycles. The molecule has 80 valence electrons. The van der Waals surface area contributed by atoms with Gasteiger partial charge in [-0.2, -0.15) is 0 Å². The molecule has 1 N–H and O–H groups in total. The van der Waals surface area contributed by atoms with Gasteiger partial charge in [0, 0.05) is 5.56 Å². The molecule has 0 heterocycles. The summed E-state index contributed by atoms with van der Waals surface area (Å²) >= 11 is 0. The van der Waals surface area contributed by atoms with Crippen molar-refractivity contribution in [2.75, 3.05) is 7.11 Å². The van der Waals surface area contributed by atoms with Crippen molar-refractivity contribution in [2.24, 2.45) is 0 Å². The second kappa shape index (κ2) is 4.64. The molecule has 1 rings (SSSR count). The molecule has 0 saturated heterocycles. The largest absolute Gasteiger partial charge is 0.496 e. The highest BCUT2D eigenvalue weighted by Crippen LogP contribution is 2.27. The zero-order chi connectivity index (χ0) is 11.4. The van der Waals surface area contributed by atoms with Gasteiger partial charge in [0.05, 0.1) is 12.7 Å². The average molecular weight is 206 g/mol. The van der Waals surface area contributed by atoms with Crippen LogP contribution in [0.4, 0.5) is 0 Å². The molecule has 0 atom stereocenters. The van der Waals surface area contributed by atoms with Crippen LogP contribution in [0.3, 0.4) is 0 Å². The first-order valence-corrected chi connectivity index (χ1v) is 4.62. The van der Waals surface area contributed by atoms with Crippen LogP contribution in [0.25, 0.3) is 5.57 Å². The maximum absolute atomic E-state index is 11.1. The Morgan fingerprint density at radius 3 is 2.33 bits per heavy atom. The Morgan fingerprint density at radius 1 is 1.27 bits per heavy atom. The summed E-state index contributed by atoms with van der Waals surface area (Å²) < 4.78 is 5.13. The molecule has 0 bridgehead atoms. The minimum Gasteiger partial charge on any atom is -0.496 e. The number of hydrogen-bond acceptors (Lipinski definition) is 2. The number of aliphatic carboxylic acids is 1. The van der Waals surface area contributed by atoms with Crippen molar-refractivity contribution in [3.05, 3.63) is 35.4 Å². The van der Waals surface area contributed by atoms with Crippen LogP contribution in [-0.2, 0) is 4.79 Å². The lowest BCUT2D eigenvalue weighted by Gasteiger charge is -2.10. The summed E-state index contributed by atoms with van der Waals surface area (Å²) in [4.78, 5) is 11.1. The number of carbonyl (C=O) groups is 1. The molecule has 0 fully saturated rings. The molecule has 0 aromatic heterocycles. The first kappa shape index (κ1) is 11.3. The zero-order valence-electron chi connectivity index (χ0n) is 9.07. The third-order valence-corrected chi connectivity index (χ3v) is 2.09. The number of hydrogen-bond donors (Lipinski definition) is 1. The van der Waals surface area contributed by atoms with Crippen LogP contribution in [0.2, 0.25) is 0 Å². The van der Waals surface area contributed by atoms with Gasteiger partial charge in [0.2, 0.25) is 0 Å². The van der Waals surface area contributed by atoms with E-state index in [9.17, 15) is 4.79 Å². The Labute approximate surface area is 89.0 Å². The smallest absolute Gasteiger partial charge is 0.336 e. The fourth-order valence-electron chi connectivity index (χ4n) is 1.45. The van der Waals surface area contributed by atoms with Gasteiger partial charge in [-0.25, -0.2) is 4.79 Å². The monoisotopic (exact) mass is 206 g/mol. The maximum atomic E-state index is 11.1. The summed E-state index contributed by atoms with van der Waals surface area (Å²) in [5.41, 5.74) is 1.67. The molecule has 0 aliphatic carbocycles. The van der Waals surface area contributed by atoms with Gasteiger partial charge in [-0.3, -0.25) is 0 Å². The van der Waals surface area contributed by atoms with Crippen molar-refractivity contribution in [3.8, 4) is 5.75 Å². The van der Waals surface area contributed by atoms with E-state index < -0.39 is 5.97 Å². The second-order valence-electron chi connectivity index (χ2n) is 3.38. The molecule has 0 aliphatic heterocycles. The van der Waals surface area contributed by atoms with Crippen LogP contribution >= 0.6 is 0 Å². The van der Waals surface area contributed by atoms with E-state index in [-0.39, 0.29) is 0 Å². The molecule has 3 nitrogen and oxygen atoms in total. The molecular formula is C12H14O3. The van der Waals surface area contributed by atoms with Crippen LogP contribution in [0.15, 0.2) is 29.8 Å². The van der Waals surface area contributed by atoms with Gasteiger partial charge in [0.15, 0.2) is 0 Å². The van der Waals surface area contributed by atoms with Crippen molar-refractivity contribution in [2.45, 2.75) is 13.8 Å². The molecule has 1 aromatic rings. The first-order chi connectivity index (χ1) is 7.07. The number of benzene rings is 1. The van der Waals surface area contributed by atoms with Crippen molar-refractivity contribution >= 4 is 11.5 Å². The van der Waals surface area contributed by atoms with E-state index in [1.807, 2.05) is 6.07 Å². The minimum absolute atomic E-state index is 0.299. The fourth-order valence-corrected chi connectivity index (χ4v) is 1.45. The van der Waals surface area contributed by atoms with Crippen molar-refractivity contribution in [1.29, 1.82) is 0 Å². The Hall–Kier alpha value is -1.77. The highest BCUT2D eigenvalue weighted by Gasteiger charge is 2.15. The van der Waals surface area contributed by atoms with E-state index in [4.69, 9.17) is 9.84 Å². The SMILES string of the molecule is COc1ccccc1C(C(=O)O)=C(C)C. The molecule has 0 unspecified atom stereocenters. The van der Waals surface area contributed by atoms with Gasteiger partial charge in [-0.1, -0.05) is 23.8 Å². The fraction of sp³-hybridized carbons (Fsp3) is 0.250. The number of carboxylic acid groups (broad SMARTS) is 1.